The summed E-state index contributed by atoms with van der Waals surface area (Å²) in [7, 11) is 0. The lowest BCUT2D eigenvalue weighted by molar-refractivity contribution is -0.136. The largest absolute Gasteiger partial charge is 0.371 e. The predicted molar refractivity (Wildman–Crippen MR) is 226 cm³/mol. The van der Waals surface area contributed by atoms with Crippen molar-refractivity contribution in [1.29, 1.82) is 0 Å². The molecule has 0 bridgehead atoms. The molecular weight excluding hydrogens is 787 g/mol. The molecule has 6 aliphatic rings. The van der Waals surface area contributed by atoms with E-state index in [1.807, 2.05) is 34.1 Å². The molecule has 13 nitrogen and oxygen atoms in total. The molecule has 15 heteroatoms. The quantitative estimate of drug-likeness (QED) is 0.241. The predicted octanol–water partition coefficient (Wildman–Crippen LogP) is 5.56. The van der Waals surface area contributed by atoms with Gasteiger partial charge in [-0.3, -0.25) is 39.1 Å². The molecule has 9 rings (SSSR count). The minimum Gasteiger partial charge on any atom is -0.371 e. The van der Waals surface area contributed by atoms with Crippen LogP contribution in [-0.2, 0) is 9.59 Å². The number of carbonyl (C=O) groups is 5. The van der Waals surface area contributed by atoms with Crippen molar-refractivity contribution in [2.75, 3.05) is 86.7 Å². The van der Waals surface area contributed by atoms with Crippen LogP contribution in [0.15, 0.2) is 60.7 Å². The molecule has 312 valence electrons. The lowest BCUT2D eigenvalue weighted by Crippen LogP contribution is -2.54. The topological polar surface area (TPSA) is 121 Å². The van der Waals surface area contributed by atoms with Gasteiger partial charge in [0.25, 0.3) is 17.7 Å². The van der Waals surface area contributed by atoms with Gasteiger partial charge < -0.3 is 19.6 Å². The zero-order valence-electron chi connectivity index (χ0n) is 33.5. The van der Waals surface area contributed by atoms with Crippen LogP contribution in [0, 0.1) is 12.0 Å². The first-order chi connectivity index (χ1) is 28.9. The van der Waals surface area contributed by atoms with E-state index in [-0.39, 0.29) is 41.8 Å². The Bertz CT molecular complexity index is 2270. The summed E-state index contributed by atoms with van der Waals surface area (Å²) >= 11 is 6.33. The maximum absolute atomic E-state index is 16.3. The number of halogens is 2. The van der Waals surface area contributed by atoms with Crippen molar-refractivity contribution in [3.8, 4) is 0 Å². The number of nitrogens with one attached hydrogen (secondary N) is 1. The summed E-state index contributed by atoms with van der Waals surface area (Å²) in [6.07, 6.45) is 4.07. The van der Waals surface area contributed by atoms with Crippen molar-refractivity contribution in [1.82, 2.24) is 20.0 Å². The molecule has 0 radical (unpaired) electrons. The number of hydrogen-bond acceptors (Lipinski definition) is 9. The van der Waals surface area contributed by atoms with Crippen molar-refractivity contribution in [3.63, 3.8) is 0 Å². The minimum atomic E-state index is -1.39. The van der Waals surface area contributed by atoms with Crippen LogP contribution in [0.3, 0.4) is 0 Å². The van der Waals surface area contributed by atoms with Gasteiger partial charge in [-0.15, -0.1) is 0 Å². The summed E-state index contributed by atoms with van der Waals surface area (Å²) < 4.78 is 16.3. The van der Waals surface area contributed by atoms with E-state index in [0.717, 1.165) is 67.4 Å². The van der Waals surface area contributed by atoms with Gasteiger partial charge in [0, 0.05) is 119 Å². The molecule has 1 spiro atoms. The molecule has 0 aliphatic carbocycles. The maximum atomic E-state index is 16.3. The van der Waals surface area contributed by atoms with E-state index in [9.17, 15) is 24.0 Å². The van der Waals surface area contributed by atoms with Crippen LogP contribution in [0.25, 0.3) is 4.85 Å². The molecule has 1 N–H and O–H groups in total. The fraction of sp³-hybridized carbons (Fsp3) is 0.467. The smallest absolute Gasteiger partial charge is 0.262 e. The van der Waals surface area contributed by atoms with Crippen molar-refractivity contribution < 1.29 is 28.4 Å². The van der Waals surface area contributed by atoms with Gasteiger partial charge in [0.15, 0.2) is 0 Å². The second-order valence-electron chi connectivity index (χ2n) is 17.3. The third-order valence-corrected chi connectivity index (χ3v) is 14.1. The molecule has 5 fully saturated rings. The van der Waals surface area contributed by atoms with Gasteiger partial charge in [0.05, 0.1) is 17.7 Å². The number of nitrogens with zero attached hydrogens (tertiary/aromatic N) is 7. The summed E-state index contributed by atoms with van der Waals surface area (Å²) in [6, 6.07) is 17.7. The average Bonchev–Trinajstić information content (AvgIpc) is 3.78. The van der Waals surface area contributed by atoms with Gasteiger partial charge in [0.1, 0.15) is 11.7 Å². The van der Waals surface area contributed by atoms with Crippen molar-refractivity contribution in [2.45, 2.75) is 56.7 Å². The highest BCUT2D eigenvalue weighted by Crippen LogP contribution is 2.44. The lowest BCUT2D eigenvalue weighted by Gasteiger charge is -2.42. The van der Waals surface area contributed by atoms with Crippen molar-refractivity contribution >= 4 is 63.9 Å². The summed E-state index contributed by atoms with van der Waals surface area (Å²) in [6.45, 7) is 14.6. The number of imide groups is 2. The molecule has 5 saturated heterocycles. The zero-order chi connectivity index (χ0) is 41.8. The van der Waals surface area contributed by atoms with Crippen LogP contribution in [0.4, 0.5) is 27.1 Å². The Hall–Kier alpha value is -5.52. The highest BCUT2D eigenvalue weighted by molar-refractivity contribution is 6.33. The first-order valence-electron chi connectivity index (χ1n) is 21.0. The third-order valence-electron chi connectivity index (χ3n) is 13.8. The SMILES string of the molecule is [C-]#[N+]c1ccc(N2CCC3(CCN(c4ccc(C(=O)N5CCN(CC6(F)CCN(c7ccc8c(c7)C(=O)N(C7CCC(=O)NC7=O)C8=O)CC6)CC5)cc4)CC3)C2)cc1Cl. The number of benzene rings is 3. The second kappa shape index (κ2) is 15.8. The Balaban J connectivity index is 0.725. The number of piperazine rings is 1. The molecule has 3 aromatic carbocycles. The molecule has 1 unspecified atom stereocenters. The third kappa shape index (κ3) is 7.58. The van der Waals surface area contributed by atoms with E-state index in [1.54, 1.807) is 24.3 Å². The molecule has 5 amide bonds. The van der Waals surface area contributed by atoms with E-state index < -0.39 is 35.3 Å². The Kier molecular flexibility index (Phi) is 10.5. The molecule has 3 aromatic rings. The highest BCUT2D eigenvalue weighted by Gasteiger charge is 2.46. The van der Waals surface area contributed by atoms with Crippen LogP contribution in [0.5, 0.6) is 0 Å². The molecule has 6 aliphatic heterocycles. The number of amides is 5. The molecule has 0 saturated carbocycles. The van der Waals surface area contributed by atoms with E-state index in [1.165, 1.54) is 0 Å². The van der Waals surface area contributed by atoms with E-state index >= 15 is 4.39 Å². The van der Waals surface area contributed by atoms with Crippen LogP contribution in [-0.4, -0.2) is 128 Å². The van der Waals surface area contributed by atoms with E-state index in [0.29, 0.717) is 68.4 Å². The van der Waals surface area contributed by atoms with Crippen LogP contribution >= 0.6 is 11.6 Å². The Morgan fingerprint density at radius 3 is 2.02 bits per heavy atom. The van der Waals surface area contributed by atoms with Crippen LogP contribution < -0.4 is 20.0 Å². The number of piperidine rings is 3. The van der Waals surface area contributed by atoms with Crippen LogP contribution in [0.1, 0.15) is 76.0 Å². The van der Waals surface area contributed by atoms with Gasteiger partial charge in [-0.1, -0.05) is 17.7 Å². The first-order valence-corrected chi connectivity index (χ1v) is 21.4. The standard InChI is InChI=1S/C45H48ClFN8O5/c1-48-37-9-7-33(27-36(37)46)54-19-14-44(28-54)12-17-51(18-13-44)31-4-2-30(3-5-31)41(58)53-24-22-50(23-25-53)29-45(47)15-20-52(21-16-45)32-6-8-34-35(26-32)43(60)55(42(34)59)38-10-11-39(56)49-40(38)57/h2-9,26-27,38H,10-25,28-29H2,(H,49,56,57). The monoisotopic (exact) mass is 834 g/mol. The number of rotatable bonds is 7. The van der Waals surface area contributed by atoms with Gasteiger partial charge in [-0.25, -0.2) is 9.24 Å². The molecule has 1 atom stereocenters. The minimum absolute atomic E-state index is 0.00703. The lowest BCUT2D eigenvalue weighted by atomic mass is 9.77. The zero-order valence-corrected chi connectivity index (χ0v) is 34.3. The molecule has 0 aromatic heterocycles. The van der Waals surface area contributed by atoms with Gasteiger partial charge >= 0.3 is 0 Å². The Morgan fingerprint density at radius 2 is 1.35 bits per heavy atom. The number of alkyl halides is 1. The van der Waals surface area contributed by atoms with Crippen molar-refractivity contribution in [2.24, 2.45) is 5.41 Å². The van der Waals surface area contributed by atoms with Gasteiger partial charge in [-0.2, -0.15) is 0 Å². The van der Waals surface area contributed by atoms with E-state index in [2.05, 4.69) is 37.0 Å². The van der Waals surface area contributed by atoms with E-state index in [4.69, 9.17) is 18.2 Å². The fourth-order valence-electron chi connectivity index (χ4n) is 10.1. The second-order valence-corrected chi connectivity index (χ2v) is 17.7. The number of anilines is 3. The molecule has 6 heterocycles. The Labute approximate surface area is 353 Å². The van der Waals surface area contributed by atoms with Gasteiger partial charge in [0.2, 0.25) is 17.5 Å². The molecular formula is C45H48ClFN8O5. The Morgan fingerprint density at radius 1 is 0.750 bits per heavy atom. The normalized spacial score (nSPS) is 22.9. The fourth-order valence-corrected chi connectivity index (χ4v) is 10.3. The van der Waals surface area contributed by atoms with Crippen LogP contribution in [0.2, 0.25) is 5.02 Å². The molecule has 60 heavy (non-hydrogen) atoms. The average molecular weight is 835 g/mol. The number of carbonyl (C=O) groups excluding carboxylic acids is 5. The number of hydrogen-bond donors (Lipinski definition) is 1. The summed E-state index contributed by atoms with van der Waals surface area (Å²) in [4.78, 5) is 79.3. The summed E-state index contributed by atoms with van der Waals surface area (Å²) in [5, 5.41) is 2.72. The summed E-state index contributed by atoms with van der Waals surface area (Å²) in [5.41, 5.74) is 3.37. The highest BCUT2D eigenvalue weighted by atomic mass is 35.5. The van der Waals surface area contributed by atoms with Crippen molar-refractivity contribution in [3.05, 3.63) is 93.8 Å². The summed E-state index contributed by atoms with van der Waals surface area (Å²) in [5.74, 6) is -2.19. The van der Waals surface area contributed by atoms with Gasteiger partial charge in [-0.05, 0) is 85.7 Å². The first kappa shape index (κ1) is 39.9. The maximum Gasteiger partial charge on any atom is 0.262 e. The number of fused-ring (bicyclic) bond motifs is 1.